The fourth-order valence-corrected chi connectivity index (χ4v) is 7.45. The molecule has 3 aliphatic rings. The van der Waals surface area contributed by atoms with Gasteiger partial charge in [0.1, 0.15) is 6.10 Å². The van der Waals surface area contributed by atoms with Gasteiger partial charge in [0.15, 0.2) is 0 Å². The Kier molecular flexibility index (Phi) is 6.77. The minimum atomic E-state index is -0.0176. The normalized spacial score (nSPS) is 44.0. The van der Waals surface area contributed by atoms with Crippen molar-refractivity contribution in [2.75, 3.05) is 0 Å². The quantitative estimate of drug-likeness (QED) is 0.461. The predicted octanol–water partition coefficient (Wildman–Crippen LogP) is 6.96. The van der Waals surface area contributed by atoms with Crippen LogP contribution in [0.25, 0.3) is 0 Å². The average Bonchev–Trinajstić information content (AvgIpc) is 2.94. The van der Waals surface area contributed by atoms with E-state index in [0.717, 1.165) is 17.8 Å². The maximum atomic E-state index is 12.1. The Bertz CT molecular complexity index is 606. The van der Waals surface area contributed by atoms with Crippen molar-refractivity contribution in [3.8, 4) is 0 Å². The van der Waals surface area contributed by atoms with Crippen molar-refractivity contribution >= 4 is 5.97 Å². The van der Waals surface area contributed by atoms with Crippen LogP contribution in [0.2, 0.25) is 0 Å². The predicted molar refractivity (Wildman–Crippen MR) is 117 cm³/mol. The second-order valence-electron chi connectivity index (χ2n) is 10.1. The molecule has 0 saturated heterocycles. The van der Waals surface area contributed by atoms with Crippen molar-refractivity contribution in [2.45, 2.75) is 92.1 Å². The van der Waals surface area contributed by atoms with E-state index in [1.807, 2.05) is 13.0 Å². The van der Waals surface area contributed by atoms with Gasteiger partial charge in [-0.25, -0.2) is 0 Å². The number of allylic oxidation sites excluding steroid dienone is 3. The Morgan fingerprint density at radius 3 is 2.61 bits per heavy atom. The van der Waals surface area contributed by atoms with Crippen LogP contribution in [0.3, 0.4) is 0 Å². The summed E-state index contributed by atoms with van der Waals surface area (Å²) in [4.78, 5) is 12.1. The summed E-state index contributed by atoms with van der Waals surface area (Å²) in [5, 5.41) is 0. The molecule has 7 unspecified atom stereocenters. The van der Waals surface area contributed by atoms with Crippen LogP contribution in [0.4, 0.5) is 0 Å². The van der Waals surface area contributed by atoms with Crippen LogP contribution in [0.5, 0.6) is 0 Å². The topological polar surface area (TPSA) is 26.3 Å². The zero-order chi connectivity index (χ0) is 20.5. The number of hydrogen-bond donors (Lipinski definition) is 0. The van der Waals surface area contributed by atoms with Crippen LogP contribution in [-0.4, -0.2) is 12.1 Å². The van der Waals surface area contributed by atoms with E-state index in [1.165, 1.54) is 44.9 Å². The molecule has 2 nitrogen and oxygen atoms in total. The summed E-state index contributed by atoms with van der Waals surface area (Å²) in [6.45, 7) is 15.4. The highest BCUT2D eigenvalue weighted by Crippen LogP contribution is 2.64. The van der Waals surface area contributed by atoms with E-state index in [0.29, 0.717) is 24.2 Å². The molecular weight excluding hydrogens is 344 g/mol. The second-order valence-corrected chi connectivity index (χ2v) is 10.1. The summed E-state index contributed by atoms with van der Waals surface area (Å²) < 4.78 is 6.05. The van der Waals surface area contributed by atoms with Gasteiger partial charge in [-0.2, -0.15) is 0 Å². The monoisotopic (exact) mass is 386 g/mol. The van der Waals surface area contributed by atoms with Gasteiger partial charge in [-0.05, 0) is 74.0 Å². The molecule has 0 aliphatic heterocycles. The lowest BCUT2D eigenvalue weighted by molar-refractivity contribution is -0.161. The number of carbonyl (C=O) groups is 1. The van der Waals surface area contributed by atoms with Crippen LogP contribution >= 0.6 is 0 Å². The summed E-state index contributed by atoms with van der Waals surface area (Å²) in [7, 11) is 0. The van der Waals surface area contributed by atoms with Crippen LogP contribution in [0.1, 0.15) is 86.0 Å². The number of hydrogen-bond acceptors (Lipinski definition) is 2. The highest BCUT2D eigenvalue weighted by atomic mass is 16.5. The molecule has 0 amide bonds. The lowest BCUT2D eigenvalue weighted by Crippen LogP contribution is -2.49. The summed E-state index contributed by atoms with van der Waals surface area (Å²) >= 11 is 0. The highest BCUT2D eigenvalue weighted by Gasteiger charge is 2.60. The maximum absolute atomic E-state index is 12.1. The third kappa shape index (κ3) is 3.61. The summed E-state index contributed by atoms with van der Waals surface area (Å²) in [6, 6.07) is 0. The molecule has 0 aromatic carbocycles. The Hall–Kier alpha value is -1.05. The molecule has 158 valence electrons. The van der Waals surface area contributed by atoms with Crippen molar-refractivity contribution in [2.24, 2.45) is 40.9 Å². The van der Waals surface area contributed by atoms with Crippen molar-refractivity contribution < 1.29 is 9.53 Å². The van der Waals surface area contributed by atoms with Gasteiger partial charge in [0, 0.05) is 11.8 Å². The van der Waals surface area contributed by atoms with Crippen LogP contribution in [-0.2, 0) is 9.53 Å². The first kappa shape index (κ1) is 21.7. The molecule has 28 heavy (non-hydrogen) atoms. The third-order valence-electron chi connectivity index (χ3n) is 8.65. The molecule has 3 rings (SSSR count). The first-order valence-corrected chi connectivity index (χ1v) is 11.9. The van der Waals surface area contributed by atoms with Crippen molar-refractivity contribution in [1.29, 1.82) is 0 Å². The van der Waals surface area contributed by atoms with E-state index < -0.39 is 0 Å². The van der Waals surface area contributed by atoms with Gasteiger partial charge < -0.3 is 4.74 Å². The zero-order valence-corrected chi connectivity index (χ0v) is 18.9. The van der Waals surface area contributed by atoms with E-state index in [4.69, 9.17) is 4.74 Å². The molecule has 0 heterocycles. The molecule has 8 atom stereocenters. The van der Waals surface area contributed by atoms with Crippen LogP contribution < -0.4 is 0 Å². The van der Waals surface area contributed by atoms with E-state index in [9.17, 15) is 4.79 Å². The Labute approximate surface area is 173 Å². The van der Waals surface area contributed by atoms with Crippen molar-refractivity contribution in [3.63, 3.8) is 0 Å². The van der Waals surface area contributed by atoms with E-state index in [2.05, 4.69) is 40.3 Å². The largest absolute Gasteiger partial charge is 0.461 e. The van der Waals surface area contributed by atoms with Gasteiger partial charge in [-0.3, -0.25) is 4.79 Å². The summed E-state index contributed by atoms with van der Waals surface area (Å²) in [5.41, 5.74) is 1.85. The molecule has 3 aliphatic carbocycles. The number of esters is 1. The van der Waals surface area contributed by atoms with Gasteiger partial charge >= 0.3 is 5.97 Å². The number of carbonyl (C=O) groups excluding carboxylic acids is 1. The first-order chi connectivity index (χ1) is 13.4. The Balaban J connectivity index is 1.92. The second kappa shape index (κ2) is 8.76. The molecule has 0 spiro atoms. The smallest absolute Gasteiger partial charge is 0.305 e. The molecule has 0 N–H and O–H groups in total. The minimum Gasteiger partial charge on any atom is -0.461 e. The van der Waals surface area contributed by atoms with Crippen molar-refractivity contribution in [1.82, 2.24) is 0 Å². The van der Waals surface area contributed by atoms with Gasteiger partial charge in [-0.15, -0.1) is 0 Å². The van der Waals surface area contributed by atoms with Crippen LogP contribution in [0.15, 0.2) is 24.3 Å². The summed E-state index contributed by atoms with van der Waals surface area (Å²) in [6.07, 6.45) is 13.8. The van der Waals surface area contributed by atoms with Gasteiger partial charge in [0.05, 0.1) is 0 Å². The van der Waals surface area contributed by atoms with E-state index in [-0.39, 0.29) is 17.5 Å². The van der Waals surface area contributed by atoms with Crippen molar-refractivity contribution in [3.05, 3.63) is 24.3 Å². The molecule has 0 aromatic rings. The molecule has 3 saturated carbocycles. The minimum absolute atomic E-state index is 0.0176. The average molecular weight is 387 g/mol. The standard InChI is InChI=1S/C26H42O2/c1-7-11-19-18(9-3)16-22-21(20(19)12-8-2)13-14-26(6)23(22)15-17(5)25(26)28-24(27)10-4/h7,11,17-18,20-23,25H,1,8-10,12-16H2,2-6H3/b19-11-/t17-,18?,20?,21?,22?,23?,25?,26?/m1/s1. The van der Waals surface area contributed by atoms with Gasteiger partial charge in [0.25, 0.3) is 0 Å². The number of rotatable bonds is 6. The third-order valence-corrected chi connectivity index (χ3v) is 8.65. The zero-order valence-electron chi connectivity index (χ0n) is 18.9. The Morgan fingerprint density at radius 2 is 2.00 bits per heavy atom. The molecule has 0 bridgehead atoms. The maximum Gasteiger partial charge on any atom is 0.305 e. The SMILES string of the molecule is C=C/C=C1/C(CC)CC2C(CCC3(C)C2C[C@@H](C)C3OC(=O)CC)C1CCC. The molecule has 2 heteroatoms. The fraction of sp³-hybridized carbons (Fsp3) is 0.808. The van der Waals surface area contributed by atoms with E-state index in [1.54, 1.807) is 5.57 Å². The number of fused-ring (bicyclic) bond motifs is 3. The lowest BCUT2D eigenvalue weighted by atomic mass is 9.50. The Morgan fingerprint density at radius 1 is 1.25 bits per heavy atom. The van der Waals surface area contributed by atoms with Gasteiger partial charge in [0.2, 0.25) is 0 Å². The highest BCUT2D eigenvalue weighted by molar-refractivity contribution is 5.69. The fourth-order valence-electron chi connectivity index (χ4n) is 7.45. The molecule has 0 aromatic heterocycles. The molecule has 3 fully saturated rings. The lowest BCUT2D eigenvalue weighted by Gasteiger charge is -2.55. The number of ether oxygens (including phenoxy) is 1. The van der Waals surface area contributed by atoms with Gasteiger partial charge in [-0.1, -0.05) is 65.3 Å². The van der Waals surface area contributed by atoms with Crippen LogP contribution in [0, 0.1) is 40.9 Å². The molecule has 0 radical (unpaired) electrons. The molecular formula is C26H42O2. The van der Waals surface area contributed by atoms with E-state index >= 15 is 0 Å². The summed E-state index contributed by atoms with van der Waals surface area (Å²) in [5.74, 6) is 4.19. The first-order valence-electron chi connectivity index (χ1n) is 11.9.